The van der Waals surface area contributed by atoms with Gasteiger partial charge in [-0.05, 0) is 69.1 Å². The number of amides is 6. The number of hydrogen-bond acceptors (Lipinski definition) is 8. The smallest absolute Gasteiger partial charge is 0.328 e. The van der Waals surface area contributed by atoms with Gasteiger partial charge in [0.1, 0.15) is 54.5 Å². The maximum absolute atomic E-state index is 14.4. The molecule has 7 atom stereocenters. The van der Waals surface area contributed by atoms with Gasteiger partial charge in [-0.25, -0.2) is 13.6 Å². The maximum Gasteiger partial charge on any atom is 0.328 e. The zero-order chi connectivity index (χ0) is 40.7. The molecule has 0 unspecified atom stereocenters. The first-order chi connectivity index (χ1) is 26.7. The number of benzene rings is 1. The molecule has 1 aromatic carbocycles. The Balaban J connectivity index is 1.43. The van der Waals surface area contributed by atoms with Crippen LogP contribution in [0.2, 0.25) is 0 Å². The van der Waals surface area contributed by atoms with Crippen molar-refractivity contribution >= 4 is 41.4 Å². The lowest BCUT2D eigenvalue weighted by atomic mass is 9.86. The van der Waals surface area contributed by atoms with Gasteiger partial charge >= 0.3 is 5.97 Å². The van der Waals surface area contributed by atoms with E-state index in [0.717, 1.165) is 44.2 Å². The average Bonchev–Trinajstić information content (AvgIpc) is 3.85. The molecule has 5 rings (SSSR count). The lowest BCUT2D eigenvalue weighted by Gasteiger charge is -2.34. The molecule has 3 aliphatic heterocycles. The molecule has 1 saturated carbocycles. The fourth-order valence-electron chi connectivity index (χ4n) is 8.38. The monoisotopic (exact) mass is 786 g/mol. The molecule has 0 aromatic heterocycles. The third-order valence-corrected chi connectivity index (χ3v) is 11.9. The second-order valence-electron chi connectivity index (χ2n) is 15.9. The Bertz CT molecular complexity index is 1640. The highest BCUT2D eigenvalue weighted by Crippen LogP contribution is 2.29. The maximum atomic E-state index is 14.4. The van der Waals surface area contributed by atoms with Crippen molar-refractivity contribution in [3.8, 4) is 0 Å². The van der Waals surface area contributed by atoms with Crippen molar-refractivity contribution in [2.45, 2.75) is 134 Å². The fourth-order valence-corrected chi connectivity index (χ4v) is 8.38. The van der Waals surface area contributed by atoms with Gasteiger partial charge in [-0.15, -0.1) is 0 Å². The Hall–Kier alpha value is -4.63. The Kier molecular flexibility index (Phi) is 14.4. The van der Waals surface area contributed by atoms with Gasteiger partial charge < -0.3 is 35.4 Å². The van der Waals surface area contributed by atoms with Crippen molar-refractivity contribution < 1.29 is 47.1 Å². The molecule has 1 aliphatic carbocycles. The third-order valence-electron chi connectivity index (χ3n) is 11.9. The van der Waals surface area contributed by atoms with Gasteiger partial charge in [0.2, 0.25) is 35.4 Å². The molecule has 0 spiro atoms. The molecule has 3 saturated heterocycles. The van der Waals surface area contributed by atoms with Crippen LogP contribution in [0.1, 0.15) is 97.0 Å². The zero-order valence-corrected chi connectivity index (χ0v) is 32.8. The van der Waals surface area contributed by atoms with Gasteiger partial charge in [-0.3, -0.25) is 28.8 Å². The predicted octanol–water partition coefficient (Wildman–Crippen LogP) is 2.36. The van der Waals surface area contributed by atoms with E-state index in [1.165, 1.54) is 35.6 Å². The minimum atomic E-state index is -1.55. The standard InChI is InChI=1S/C40H56F2N6O8/c1-5-25-19-33-40(55)56-22-31(38(53)47-15-9-12-32(47)39(54)46(4)24(3)35(50)43-23(2)37(52)48(33)21-25)45-36(51)30(18-27-16-28(41)20-29(42)17-27)44-34(49)14-13-26-10-7-6-8-11-26/h16-17,20,23-26,30-33H,5-15,18-19,21-22H2,1-4H3,(H,43,50)(H,44,49)(H,45,51)/t23-,24-,25+,30-,31-,32-,33-/m0/s1. The van der Waals surface area contributed by atoms with E-state index in [1.807, 2.05) is 6.92 Å². The number of carbonyl (C=O) groups is 7. The second kappa shape index (κ2) is 19.0. The van der Waals surface area contributed by atoms with E-state index in [9.17, 15) is 42.3 Å². The minimum absolute atomic E-state index is 0.0400. The topological polar surface area (TPSA) is 175 Å². The highest BCUT2D eigenvalue weighted by molar-refractivity contribution is 5.97. The van der Waals surface area contributed by atoms with Gasteiger partial charge in [-0.1, -0.05) is 45.4 Å². The first-order valence-electron chi connectivity index (χ1n) is 20.1. The van der Waals surface area contributed by atoms with Crippen LogP contribution in [0.5, 0.6) is 0 Å². The predicted molar refractivity (Wildman–Crippen MR) is 199 cm³/mol. The van der Waals surface area contributed by atoms with E-state index in [1.54, 1.807) is 0 Å². The number of ether oxygens (including phenoxy) is 1. The number of hydrogen-bond donors (Lipinski definition) is 3. The molecular weight excluding hydrogens is 730 g/mol. The normalized spacial score (nSPS) is 27.7. The molecular formula is C40H56F2N6O8. The third kappa shape index (κ3) is 10.4. The van der Waals surface area contributed by atoms with Crippen LogP contribution in [0.15, 0.2) is 18.2 Å². The summed E-state index contributed by atoms with van der Waals surface area (Å²) in [6.45, 7) is 4.65. The van der Waals surface area contributed by atoms with Gasteiger partial charge in [0, 0.05) is 39.0 Å². The first-order valence-corrected chi connectivity index (χ1v) is 20.1. The number of likely N-dealkylation sites (N-methyl/N-ethyl adjacent to an activating group) is 1. The second-order valence-corrected chi connectivity index (χ2v) is 15.9. The number of esters is 1. The summed E-state index contributed by atoms with van der Waals surface area (Å²) in [6, 6.07) is -4.21. The molecule has 6 amide bonds. The van der Waals surface area contributed by atoms with Crippen LogP contribution in [0, 0.1) is 23.5 Å². The van der Waals surface area contributed by atoms with Crippen molar-refractivity contribution in [1.82, 2.24) is 30.7 Å². The Morgan fingerprint density at radius 3 is 2.27 bits per heavy atom. The number of nitrogens with zero attached hydrogens (tertiary/aromatic N) is 3. The van der Waals surface area contributed by atoms with E-state index in [-0.39, 0.29) is 50.3 Å². The van der Waals surface area contributed by atoms with E-state index in [4.69, 9.17) is 4.74 Å². The van der Waals surface area contributed by atoms with Crippen LogP contribution in [0.25, 0.3) is 0 Å². The zero-order valence-electron chi connectivity index (χ0n) is 32.8. The molecule has 0 bridgehead atoms. The van der Waals surface area contributed by atoms with Gasteiger partial charge in [0.15, 0.2) is 0 Å². The Morgan fingerprint density at radius 1 is 0.893 bits per heavy atom. The molecule has 308 valence electrons. The molecule has 1 aromatic rings. The van der Waals surface area contributed by atoms with Crippen LogP contribution in [-0.4, -0.2) is 119 Å². The lowest BCUT2D eigenvalue weighted by Crippen LogP contribution is -2.60. The average molecular weight is 787 g/mol. The summed E-state index contributed by atoms with van der Waals surface area (Å²) in [6.07, 6.45) is 7.41. The van der Waals surface area contributed by atoms with Crippen molar-refractivity contribution in [3.63, 3.8) is 0 Å². The summed E-state index contributed by atoms with van der Waals surface area (Å²) in [5.74, 6) is -5.91. The molecule has 4 fully saturated rings. The van der Waals surface area contributed by atoms with Crippen molar-refractivity contribution in [1.29, 1.82) is 0 Å². The first kappa shape index (κ1) is 42.5. The van der Waals surface area contributed by atoms with E-state index in [0.29, 0.717) is 31.2 Å². The van der Waals surface area contributed by atoms with Crippen LogP contribution in [-0.2, 0) is 44.7 Å². The number of fused-ring (bicyclic) bond motifs is 2. The van der Waals surface area contributed by atoms with Crippen LogP contribution < -0.4 is 16.0 Å². The van der Waals surface area contributed by atoms with Gasteiger partial charge in [-0.2, -0.15) is 0 Å². The molecule has 3 N–H and O–H groups in total. The van der Waals surface area contributed by atoms with Crippen molar-refractivity contribution in [3.05, 3.63) is 35.4 Å². The Morgan fingerprint density at radius 2 is 1.59 bits per heavy atom. The van der Waals surface area contributed by atoms with Crippen molar-refractivity contribution in [2.24, 2.45) is 11.8 Å². The highest BCUT2D eigenvalue weighted by atomic mass is 19.1. The summed E-state index contributed by atoms with van der Waals surface area (Å²) in [5.41, 5.74) is 0.0862. The largest absolute Gasteiger partial charge is 0.461 e. The SMILES string of the molecule is CC[C@@H]1C[C@H]2C(=O)OC[C@H](NC(=O)[C@H](Cc3cc(F)cc(F)c3)NC(=O)CCC3CCCCC3)C(=O)N3CCC[C@H]3C(=O)N(C)[C@@H](C)C(=O)N[C@@H](C)C(=O)N2C1. The summed E-state index contributed by atoms with van der Waals surface area (Å²) in [5, 5.41) is 7.99. The summed E-state index contributed by atoms with van der Waals surface area (Å²) in [4.78, 5) is 100. The quantitative estimate of drug-likeness (QED) is 0.320. The number of carbonyl (C=O) groups excluding carboxylic acids is 7. The number of rotatable bonds is 9. The van der Waals surface area contributed by atoms with E-state index < -0.39 is 95.9 Å². The molecule has 56 heavy (non-hydrogen) atoms. The van der Waals surface area contributed by atoms with E-state index in [2.05, 4.69) is 16.0 Å². The van der Waals surface area contributed by atoms with Crippen molar-refractivity contribution in [2.75, 3.05) is 26.7 Å². The summed E-state index contributed by atoms with van der Waals surface area (Å²) >= 11 is 0. The lowest BCUT2D eigenvalue weighted by molar-refractivity contribution is -0.158. The Labute approximate surface area is 326 Å². The van der Waals surface area contributed by atoms with Gasteiger partial charge in [0.05, 0.1) is 0 Å². The van der Waals surface area contributed by atoms with E-state index >= 15 is 0 Å². The molecule has 14 nitrogen and oxygen atoms in total. The summed E-state index contributed by atoms with van der Waals surface area (Å²) in [7, 11) is 1.43. The minimum Gasteiger partial charge on any atom is -0.461 e. The number of nitrogens with one attached hydrogen (secondary N) is 3. The number of halogens is 2. The number of cyclic esters (lactones) is 1. The van der Waals surface area contributed by atoms with Gasteiger partial charge in [0.25, 0.3) is 0 Å². The van der Waals surface area contributed by atoms with Crippen LogP contribution in [0.4, 0.5) is 8.78 Å². The molecule has 16 heteroatoms. The summed E-state index contributed by atoms with van der Waals surface area (Å²) < 4.78 is 34.2. The fraction of sp³-hybridized carbons (Fsp3) is 0.675. The molecule has 4 aliphatic rings. The van der Waals surface area contributed by atoms with Crippen LogP contribution >= 0.6 is 0 Å². The highest BCUT2D eigenvalue weighted by Gasteiger charge is 2.45. The van der Waals surface area contributed by atoms with Crippen LogP contribution in [0.3, 0.4) is 0 Å². The molecule has 0 radical (unpaired) electrons. The molecule has 3 heterocycles.